The number of benzene rings is 1. The summed E-state index contributed by atoms with van der Waals surface area (Å²) in [7, 11) is 1.06. The van der Waals surface area contributed by atoms with Gasteiger partial charge in [-0.1, -0.05) is 11.8 Å². The van der Waals surface area contributed by atoms with Crippen LogP contribution in [0.3, 0.4) is 0 Å². The summed E-state index contributed by atoms with van der Waals surface area (Å²) >= 11 is 0. The highest BCUT2D eigenvalue weighted by Crippen LogP contribution is 2.24. The first kappa shape index (κ1) is 14.4. The first-order chi connectivity index (χ1) is 8.36. The van der Waals surface area contributed by atoms with E-state index in [2.05, 4.69) is 11.8 Å². The van der Waals surface area contributed by atoms with Gasteiger partial charge in [0.1, 0.15) is 4.90 Å². The third-order valence-electron chi connectivity index (χ3n) is 1.90. The number of nitrogens with zero attached hydrogens (tertiary/aromatic N) is 1. The predicted octanol–water partition coefficient (Wildman–Crippen LogP) is 1.26. The second-order valence-corrected chi connectivity index (χ2v) is 5.69. The van der Waals surface area contributed by atoms with Crippen LogP contribution in [0.25, 0.3) is 0 Å². The molecular formula is C10H8ClNO5S. The van der Waals surface area contributed by atoms with Crippen molar-refractivity contribution in [2.45, 2.75) is 11.3 Å². The normalized spacial score (nSPS) is 10.6. The van der Waals surface area contributed by atoms with Crippen LogP contribution in [0.5, 0.6) is 0 Å². The third kappa shape index (κ3) is 3.70. The first-order valence-corrected chi connectivity index (χ1v) is 7.00. The minimum Gasteiger partial charge on any atom is -0.395 e. The number of nitro benzene ring substituents is 1. The summed E-state index contributed by atoms with van der Waals surface area (Å²) in [6.07, 6.45) is 0.165. The fourth-order valence-corrected chi connectivity index (χ4v) is 2.17. The van der Waals surface area contributed by atoms with Gasteiger partial charge in [-0.05, 0) is 6.07 Å². The number of non-ortho nitro benzene ring substituents is 1. The van der Waals surface area contributed by atoms with Crippen LogP contribution >= 0.6 is 10.7 Å². The summed E-state index contributed by atoms with van der Waals surface area (Å²) in [5, 5.41) is 19.1. The van der Waals surface area contributed by atoms with Gasteiger partial charge in [-0.25, -0.2) is 8.42 Å². The third-order valence-corrected chi connectivity index (χ3v) is 3.26. The van der Waals surface area contributed by atoms with E-state index in [-0.39, 0.29) is 24.3 Å². The molecule has 0 amide bonds. The minimum atomic E-state index is -4.12. The molecule has 0 saturated heterocycles. The number of halogens is 1. The van der Waals surface area contributed by atoms with E-state index in [0.29, 0.717) is 0 Å². The van der Waals surface area contributed by atoms with E-state index < -0.39 is 18.9 Å². The molecule has 18 heavy (non-hydrogen) atoms. The molecule has 1 rings (SSSR count). The van der Waals surface area contributed by atoms with Crippen molar-refractivity contribution in [3.8, 4) is 11.8 Å². The molecule has 0 unspecified atom stereocenters. The molecule has 0 aliphatic carbocycles. The largest absolute Gasteiger partial charge is 0.395 e. The van der Waals surface area contributed by atoms with Crippen molar-refractivity contribution in [1.29, 1.82) is 0 Å². The zero-order valence-corrected chi connectivity index (χ0v) is 10.5. The highest BCUT2D eigenvalue weighted by atomic mass is 35.7. The fraction of sp³-hybridized carbons (Fsp3) is 0.200. The lowest BCUT2D eigenvalue weighted by Crippen LogP contribution is -1.98. The summed E-state index contributed by atoms with van der Waals surface area (Å²) in [5.41, 5.74) is -0.328. The maximum absolute atomic E-state index is 11.3. The van der Waals surface area contributed by atoms with E-state index in [9.17, 15) is 18.5 Å². The maximum Gasteiger partial charge on any atom is 0.270 e. The van der Waals surface area contributed by atoms with Crippen LogP contribution in [0.4, 0.5) is 5.69 Å². The minimum absolute atomic E-state index is 0.0593. The van der Waals surface area contributed by atoms with Gasteiger partial charge in [0, 0.05) is 34.8 Å². The monoisotopic (exact) mass is 289 g/mol. The first-order valence-electron chi connectivity index (χ1n) is 4.69. The van der Waals surface area contributed by atoms with Crippen LogP contribution in [0.2, 0.25) is 0 Å². The molecule has 96 valence electrons. The molecule has 0 fully saturated rings. The van der Waals surface area contributed by atoms with Gasteiger partial charge in [0.05, 0.1) is 11.5 Å². The van der Waals surface area contributed by atoms with Crippen molar-refractivity contribution in [1.82, 2.24) is 0 Å². The second-order valence-electron chi connectivity index (χ2n) is 3.15. The van der Waals surface area contributed by atoms with Crippen molar-refractivity contribution in [2.75, 3.05) is 6.61 Å². The van der Waals surface area contributed by atoms with Gasteiger partial charge in [-0.15, -0.1) is 0 Å². The molecule has 8 heteroatoms. The van der Waals surface area contributed by atoms with Crippen molar-refractivity contribution in [2.24, 2.45) is 0 Å². The van der Waals surface area contributed by atoms with Gasteiger partial charge in [0.25, 0.3) is 14.7 Å². The van der Waals surface area contributed by atoms with E-state index in [1.807, 2.05) is 0 Å². The lowest BCUT2D eigenvalue weighted by atomic mass is 10.2. The Balaban J connectivity index is 3.37. The molecular weight excluding hydrogens is 282 g/mol. The number of hydrogen-bond donors (Lipinski definition) is 1. The lowest BCUT2D eigenvalue weighted by Gasteiger charge is -2.00. The molecule has 1 N–H and O–H groups in total. The SMILES string of the molecule is O=[N+]([O-])c1ccc(C#CCCO)c(S(=O)(=O)Cl)c1. The standard InChI is InChI=1S/C10H8ClNO5S/c11-18(16,17)10-7-9(12(14)15)5-4-8(10)3-1-2-6-13/h4-5,7,13H,2,6H2. The van der Waals surface area contributed by atoms with Crippen LogP contribution in [-0.2, 0) is 9.05 Å². The average Bonchev–Trinajstić information content (AvgIpc) is 2.28. The quantitative estimate of drug-likeness (QED) is 0.391. The van der Waals surface area contributed by atoms with E-state index in [1.54, 1.807) is 0 Å². The Morgan fingerprint density at radius 2 is 2.11 bits per heavy atom. The van der Waals surface area contributed by atoms with Crippen LogP contribution in [-0.4, -0.2) is 25.1 Å². The van der Waals surface area contributed by atoms with Crippen LogP contribution < -0.4 is 0 Å². The number of aliphatic hydroxyl groups is 1. The fourth-order valence-electron chi connectivity index (χ4n) is 1.14. The van der Waals surface area contributed by atoms with E-state index >= 15 is 0 Å². The molecule has 0 bridgehead atoms. The Hall–Kier alpha value is -1.62. The predicted molar refractivity (Wildman–Crippen MR) is 64.7 cm³/mol. The topological polar surface area (TPSA) is 97.5 Å². The highest BCUT2D eigenvalue weighted by molar-refractivity contribution is 8.13. The Labute approximate surface area is 108 Å². The molecule has 6 nitrogen and oxygen atoms in total. The van der Waals surface area contributed by atoms with Crippen molar-refractivity contribution in [3.63, 3.8) is 0 Å². The summed E-state index contributed by atoms with van der Waals surface area (Å²) in [5.74, 6) is 5.01. The number of aliphatic hydroxyl groups excluding tert-OH is 1. The molecule has 1 aromatic carbocycles. The van der Waals surface area contributed by atoms with E-state index in [1.165, 1.54) is 6.07 Å². The van der Waals surface area contributed by atoms with Gasteiger partial charge in [-0.2, -0.15) is 0 Å². The zero-order valence-electron chi connectivity index (χ0n) is 8.96. The maximum atomic E-state index is 11.3. The van der Waals surface area contributed by atoms with Crippen LogP contribution in [0.1, 0.15) is 12.0 Å². The zero-order chi connectivity index (χ0) is 13.8. The molecule has 0 heterocycles. The Morgan fingerprint density at radius 3 is 2.61 bits per heavy atom. The highest BCUT2D eigenvalue weighted by Gasteiger charge is 2.19. The number of hydrogen-bond acceptors (Lipinski definition) is 5. The van der Waals surface area contributed by atoms with Crippen molar-refractivity contribution in [3.05, 3.63) is 33.9 Å². The second kappa shape index (κ2) is 5.82. The molecule has 0 spiro atoms. The lowest BCUT2D eigenvalue weighted by molar-refractivity contribution is -0.385. The summed E-state index contributed by atoms with van der Waals surface area (Å²) in [6.45, 7) is -0.164. The molecule has 0 aliphatic rings. The van der Waals surface area contributed by atoms with Crippen molar-refractivity contribution >= 4 is 25.4 Å². The molecule has 1 aromatic rings. The van der Waals surface area contributed by atoms with Gasteiger partial charge >= 0.3 is 0 Å². The summed E-state index contributed by atoms with van der Waals surface area (Å²) in [4.78, 5) is 9.41. The van der Waals surface area contributed by atoms with E-state index in [0.717, 1.165) is 12.1 Å². The van der Waals surface area contributed by atoms with Gasteiger partial charge < -0.3 is 5.11 Å². The number of nitro groups is 1. The Bertz CT molecular complexity index is 629. The summed E-state index contributed by atoms with van der Waals surface area (Å²) in [6, 6.07) is 3.19. The Morgan fingerprint density at radius 1 is 1.44 bits per heavy atom. The molecule has 0 aliphatic heterocycles. The molecule has 0 aromatic heterocycles. The average molecular weight is 290 g/mol. The Kier molecular flexibility index (Phi) is 4.67. The van der Waals surface area contributed by atoms with Crippen LogP contribution in [0.15, 0.2) is 23.1 Å². The molecule has 0 atom stereocenters. The smallest absolute Gasteiger partial charge is 0.270 e. The number of rotatable bonds is 3. The summed E-state index contributed by atoms with van der Waals surface area (Å²) < 4.78 is 22.6. The molecule has 0 saturated carbocycles. The molecule has 0 radical (unpaired) electrons. The van der Waals surface area contributed by atoms with Gasteiger partial charge in [-0.3, -0.25) is 10.1 Å². The van der Waals surface area contributed by atoms with Crippen LogP contribution in [0, 0.1) is 22.0 Å². The van der Waals surface area contributed by atoms with Gasteiger partial charge in [0.15, 0.2) is 0 Å². The van der Waals surface area contributed by atoms with Crippen molar-refractivity contribution < 1.29 is 18.4 Å². The van der Waals surface area contributed by atoms with Gasteiger partial charge in [0.2, 0.25) is 0 Å². The van der Waals surface area contributed by atoms with E-state index in [4.69, 9.17) is 15.8 Å².